The van der Waals surface area contributed by atoms with E-state index < -0.39 is 16.7 Å². The van der Waals surface area contributed by atoms with E-state index >= 15 is 0 Å². The van der Waals surface area contributed by atoms with Crippen molar-refractivity contribution in [1.82, 2.24) is 5.32 Å². The molecule has 0 aromatic heterocycles. The number of carbonyl (C=O) groups excluding carboxylic acids is 2. The number of halogens is 1. The van der Waals surface area contributed by atoms with Gasteiger partial charge in [-0.1, -0.05) is 17.7 Å². The summed E-state index contributed by atoms with van der Waals surface area (Å²) in [7, 11) is 4.29. The van der Waals surface area contributed by atoms with Crippen molar-refractivity contribution in [2.45, 2.75) is 0 Å². The molecule has 0 aliphatic rings. The van der Waals surface area contributed by atoms with Crippen LogP contribution in [-0.2, 0) is 4.79 Å². The normalized spacial score (nSPS) is 10.8. The summed E-state index contributed by atoms with van der Waals surface area (Å²) < 4.78 is 15.7. The maximum absolute atomic E-state index is 13.2. The minimum absolute atomic E-state index is 0.0760. The van der Waals surface area contributed by atoms with Gasteiger partial charge in [-0.15, -0.1) is 0 Å². The third-order valence-electron chi connectivity index (χ3n) is 4.96. The zero-order valence-electron chi connectivity index (χ0n) is 19.5. The predicted molar refractivity (Wildman–Crippen MR) is 135 cm³/mol. The molecule has 0 unspecified atom stereocenters. The number of nitro benzene ring substituents is 1. The van der Waals surface area contributed by atoms with Crippen molar-refractivity contribution in [3.8, 4) is 17.2 Å². The number of nitrogens with zero attached hydrogens (tertiary/aromatic N) is 1. The van der Waals surface area contributed by atoms with Crippen molar-refractivity contribution in [1.29, 1.82) is 0 Å². The molecule has 0 aliphatic heterocycles. The highest BCUT2D eigenvalue weighted by Gasteiger charge is 2.19. The Kier molecular flexibility index (Phi) is 8.48. The lowest BCUT2D eigenvalue weighted by Gasteiger charge is -2.14. The molecule has 2 N–H and O–H groups in total. The number of benzene rings is 3. The van der Waals surface area contributed by atoms with Crippen LogP contribution in [-0.4, -0.2) is 38.1 Å². The number of nitro groups is 1. The highest BCUT2D eigenvalue weighted by Crippen LogP contribution is 2.30. The Morgan fingerprint density at radius 1 is 0.889 bits per heavy atom. The number of non-ortho nitro benzene ring substituents is 1. The first-order valence-corrected chi connectivity index (χ1v) is 10.8. The minimum Gasteiger partial charge on any atom is -0.494 e. The van der Waals surface area contributed by atoms with Crippen molar-refractivity contribution in [3.05, 3.63) is 92.6 Å². The molecule has 0 heterocycles. The smallest absolute Gasteiger partial charge is 0.273 e. The molecule has 0 atom stereocenters. The van der Waals surface area contributed by atoms with E-state index in [9.17, 15) is 19.7 Å². The lowest BCUT2D eigenvalue weighted by Crippen LogP contribution is -2.30. The summed E-state index contributed by atoms with van der Waals surface area (Å²) in [5.74, 6) is -0.260. The van der Waals surface area contributed by atoms with Crippen molar-refractivity contribution in [3.63, 3.8) is 0 Å². The summed E-state index contributed by atoms with van der Waals surface area (Å²) in [6, 6.07) is 14.8. The van der Waals surface area contributed by atoms with Gasteiger partial charge < -0.3 is 24.8 Å². The van der Waals surface area contributed by atoms with E-state index in [4.69, 9.17) is 25.8 Å². The molecule has 10 nitrogen and oxygen atoms in total. The third kappa shape index (κ3) is 6.30. The van der Waals surface area contributed by atoms with Crippen LogP contribution >= 0.6 is 11.6 Å². The zero-order valence-corrected chi connectivity index (χ0v) is 20.3. The first-order chi connectivity index (χ1) is 17.2. The molecule has 0 spiro atoms. The lowest BCUT2D eigenvalue weighted by molar-refractivity contribution is -0.384. The van der Waals surface area contributed by atoms with Crippen LogP contribution in [0.2, 0.25) is 5.02 Å². The lowest BCUT2D eigenvalue weighted by atomic mass is 10.1. The number of anilines is 1. The van der Waals surface area contributed by atoms with Crippen LogP contribution in [0.25, 0.3) is 6.08 Å². The third-order valence-corrected chi connectivity index (χ3v) is 5.21. The molecule has 0 aliphatic carbocycles. The number of hydrogen-bond acceptors (Lipinski definition) is 7. The first kappa shape index (κ1) is 26.0. The number of rotatable bonds is 9. The summed E-state index contributed by atoms with van der Waals surface area (Å²) in [5, 5.41) is 16.7. The minimum atomic E-state index is -0.695. The van der Waals surface area contributed by atoms with Crippen LogP contribution in [0.15, 0.2) is 66.4 Å². The molecule has 186 valence electrons. The second kappa shape index (κ2) is 11.7. The number of nitrogens with one attached hydrogen (secondary N) is 2. The number of amides is 2. The highest BCUT2D eigenvalue weighted by molar-refractivity contribution is 6.30. The molecule has 3 rings (SSSR count). The number of carbonyl (C=O) groups is 2. The van der Waals surface area contributed by atoms with Gasteiger partial charge in [0.05, 0.1) is 38.0 Å². The Balaban J connectivity index is 1.98. The van der Waals surface area contributed by atoms with E-state index in [2.05, 4.69) is 10.6 Å². The average Bonchev–Trinajstić information content (AvgIpc) is 2.88. The van der Waals surface area contributed by atoms with E-state index in [0.29, 0.717) is 22.1 Å². The summed E-state index contributed by atoms with van der Waals surface area (Å²) in [6.07, 6.45) is 1.45. The van der Waals surface area contributed by atoms with Gasteiger partial charge in [-0.3, -0.25) is 19.7 Å². The molecule has 0 saturated carbocycles. The van der Waals surface area contributed by atoms with E-state index in [0.717, 1.165) is 0 Å². The molecule has 11 heteroatoms. The van der Waals surface area contributed by atoms with Crippen LogP contribution in [0, 0.1) is 10.1 Å². The maximum Gasteiger partial charge on any atom is 0.273 e. The van der Waals surface area contributed by atoms with Crippen LogP contribution in [0.5, 0.6) is 17.2 Å². The Labute approximate surface area is 211 Å². The topological polar surface area (TPSA) is 129 Å². The zero-order chi connectivity index (χ0) is 26.2. The van der Waals surface area contributed by atoms with Crippen molar-refractivity contribution >= 4 is 40.9 Å². The second-order valence-corrected chi connectivity index (χ2v) is 7.67. The quantitative estimate of drug-likeness (QED) is 0.242. The van der Waals surface area contributed by atoms with Crippen LogP contribution in [0.3, 0.4) is 0 Å². The molecule has 0 bridgehead atoms. The number of hydrogen-bond donors (Lipinski definition) is 2. The van der Waals surface area contributed by atoms with Gasteiger partial charge in [0.2, 0.25) is 0 Å². The number of ether oxygens (including phenoxy) is 3. The van der Waals surface area contributed by atoms with E-state index in [-0.39, 0.29) is 28.4 Å². The SMILES string of the molecule is COc1cc([N+](=O)[O-])ccc1NC(=O)/C(=C/c1ccc(OC)c(OC)c1)NC(=O)c1ccc(Cl)cc1. The van der Waals surface area contributed by atoms with Gasteiger partial charge in [0.1, 0.15) is 11.4 Å². The van der Waals surface area contributed by atoms with Crippen LogP contribution < -0.4 is 24.8 Å². The Morgan fingerprint density at radius 3 is 2.17 bits per heavy atom. The summed E-state index contributed by atoms with van der Waals surface area (Å²) in [4.78, 5) is 36.6. The summed E-state index contributed by atoms with van der Waals surface area (Å²) in [5.41, 5.74) is 0.666. The molecular formula is C25H22ClN3O7. The van der Waals surface area contributed by atoms with Crippen molar-refractivity contribution in [2.24, 2.45) is 0 Å². The Bertz CT molecular complexity index is 1320. The van der Waals surface area contributed by atoms with Gasteiger partial charge in [0.25, 0.3) is 17.5 Å². The largest absolute Gasteiger partial charge is 0.494 e. The van der Waals surface area contributed by atoms with Crippen molar-refractivity contribution in [2.75, 3.05) is 26.6 Å². The van der Waals surface area contributed by atoms with E-state index in [1.165, 1.54) is 57.7 Å². The molecule has 3 aromatic rings. The van der Waals surface area contributed by atoms with E-state index in [1.54, 1.807) is 30.3 Å². The Morgan fingerprint density at radius 2 is 1.56 bits per heavy atom. The monoisotopic (exact) mass is 511 g/mol. The van der Waals surface area contributed by atoms with E-state index in [1.807, 2.05) is 0 Å². The summed E-state index contributed by atoms with van der Waals surface area (Å²) in [6.45, 7) is 0. The summed E-state index contributed by atoms with van der Waals surface area (Å²) >= 11 is 5.90. The fourth-order valence-corrected chi connectivity index (χ4v) is 3.28. The Hall–Kier alpha value is -4.57. The second-order valence-electron chi connectivity index (χ2n) is 7.23. The van der Waals surface area contributed by atoms with Crippen LogP contribution in [0.1, 0.15) is 15.9 Å². The molecule has 0 saturated heterocycles. The molecule has 2 amide bonds. The maximum atomic E-state index is 13.2. The van der Waals surface area contributed by atoms with Gasteiger partial charge in [-0.05, 0) is 54.1 Å². The predicted octanol–water partition coefficient (Wildman–Crippen LogP) is 4.68. The van der Waals surface area contributed by atoms with Crippen LogP contribution in [0.4, 0.5) is 11.4 Å². The first-order valence-electron chi connectivity index (χ1n) is 10.4. The standard InChI is InChI=1S/C25H22ClN3O7/c1-34-21-11-4-15(13-23(21)36-3)12-20(28-24(30)16-5-7-17(26)8-6-16)25(31)27-19-10-9-18(29(32)33)14-22(19)35-2/h4-14H,1-3H3,(H,27,31)(H,28,30)/b20-12-. The van der Waals surface area contributed by atoms with Gasteiger partial charge in [0.15, 0.2) is 11.5 Å². The molecule has 3 aromatic carbocycles. The van der Waals surface area contributed by atoms with Gasteiger partial charge in [0, 0.05) is 16.7 Å². The van der Waals surface area contributed by atoms with Gasteiger partial charge in [-0.2, -0.15) is 0 Å². The molecule has 0 radical (unpaired) electrons. The highest BCUT2D eigenvalue weighted by atomic mass is 35.5. The fourth-order valence-electron chi connectivity index (χ4n) is 3.15. The average molecular weight is 512 g/mol. The van der Waals surface area contributed by atoms with Gasteiger partial charge >= 0.3 is 0 Å². The molecule has 36 heavy (non-hydrogen) atoms. The fraction of sp³-hybridized carbons (Fsp3) is 0.120. The number of methoxy groups -OCH3 is 3. The van der Waals surface area contributed by atoms with Gasteiger partial charge in [-0.25, -0.2) is 0 Å². The molecule has 0 fully saturated rings. The molecular weight excluding hydrogens is 490 g/mol. The van der Waals surface area contributed by atoms with Crippen molar-refractivity contribution < 1.29 is 28.7 Å².